The number of esters is 1. The molecule has 0 radical (unpaired) electrons. The molecule has 10 heteroatoms. The van der Waals surface area contributed by atoms with Crippen LogP contribution >= 0.6 is 0 Å². The highest BCUT2D eigenvalue weighted by Gasteiger charge is 2.40. The molecule has 0 aliphatic rings. The Morgan fingerprint density at radius 2 is 1.34 bits per heavy atom. The molecule has 41 heavy (non-hydrogen) atoms. The van der Waals surface area contributed by atoms with E-state index in [1.54, 1.807) is 18.2 Å². The minimum absolute atomic E-state index is 0.0149. The summed E-state index contributed by atoms with van der Waals surface area (Å²) in [6.07, 6.45) is -5.06. The quantitative estimate of drug-likeness (QED) is 0.150. The molecule has 0 spiro atoms. The normalized spacial score (nSPS) is 11.2. The first-order valence-electron chi connectivity index (χ1n) is 12.1. The van der Waals surface area contributed by atoms with Crippen molar-refractivity contribution >= 4 is 16.9 Å². The highest BCUT2D eigenvalue weighted by Crippen LogP contribution is 2.39. The van der Waals surface area contributed by atoms with E-state index in [1.807, 2.05) is 30.3 Å². The summed E-state index contributed by atoms with van der Waals surface area (Å²) in [7, 11) is 2.82. The SMILES string of the molecule is COc1cc(OC)cc(C(=O)Oc2ccc3c(=O)c(Oc4ccc(-c5ccccc5)cc4)c(C(F)(F)F)oc3c2)c1. The van der Waals surface area contributed by atoms with Crippen molar-refractivity contribution in [2.45, 2.75) is 6.18 Å². The Morgan fingerprint density at radius 3 is 1.95 bits per heavy atom. The van der Waals surface area contributed by atoms with Crippen molar-refractivity contribution < 1.29 is 41.3 Å². The first kappa shape index (κ1) is 27.3. The summed E-state index contributed by atoms with van der Waals surface area (Å²) in [5.74, 6) is -2.93. The second-order valence-corrected chi connectivity index (χ2v) is 8.73. The predicted molar refractivity (Wildman–Crippen MR) is 144 cm³/mol. The van der Waals surface area contributed by atoms with Gasteiger partial charge in [0.05, 0.1) is 25.2 Å². The molecule has 0 amide bonds. The minimum atomic E-state index is -5.06. The Bertz CT molecular complexity index is 1750. The van der Waals surface area contributed by atoms with Gasteiger partial charge in [0.15, 0.2) is 0 Å². The molecule has 208 valence electrons. The third-order valence-electron chi connectivity index (χ3n) is 6.06. The van der Waals surface area contributed by atoms with Gasteiger partial charge < -0.3 is 23.4 Å². The maximum absolute atomic E-state index is 14.0. The van der Waals surface area contributed by atoms with Crippen LogP contribution in [0.3, 0.4) is 0 Å². The van der Waals surface area contributed by atoms with Gasteiger partial charge in [-0.2, -0.15) is 13.2 Å². The van der Waals surface area contributed by atoms with Crippen molar-refractivity contribution in [3.63, 3.8) is 0 Å². The van der Waals surface area contributed by atoms with Crippen molar-refractivity contribution in [1.82, 2.24) is 0 Å². The van der Waals surface area contributed by atoms with E-state index in [4.69, 9.17) is 23.4 Å². The van der Waals surface area contributed by atoms with Gasteiger partial charge in [0.25, 0.3) is 5.76 Å². The van der Waals surface area contributed by atoms with Crippen molar-refractivity contribution in [3.8, 4) is 39.9 Å². The number of hydrogen-bond donors (Lipinski definition) is 0. The fraction of sp³-hybridized carbons (Fsp3) is 0.0968. The molecule has 5 rings (SSSR count). The predicted octanol–water partition coefficient (Wildman–Crippen LogP) is 7.51. The molecule has 0 fully saturated rings. The monoisotopic (exact) mass is 562 g/mol. The van der Waals surface area contributed by atoms with E-state index in [1.165, 1.54) is 50.6 Å². The largest absolute Gasteiger partial charge is 0.497 e. The fourth-order valence-electron chi connectivity index (χ4n) is 4.05. The Balaban J connectivity index is 1.47. The molecular weight excluding hydrogens is 541 g/mol. The number of halogens is 3. The Kier molecular flexibility index (Phi) is 7.39. The lowest BCUT2D eigenvalue weighted by Gasteiger charge is -2.14. The highest BCUT2D eigenvalue weighted by molar-refractivity contribution is 5.92. The molecule has 0 N–H and O–H groups in total. The number of alkyl halides is 3. The Labute approximate surface area is 231 Å². The zero-order valence-electron chi connectivity index (χ0n) is 21.7. The molecule has 0 saturated heterocycles. The maximum Gasteiger partial charge on any atom is 0.453 e. The molecule has 4 aromatic carbocycles. The molecule has 0 aliphatic heterocycles. The summed E-state index contributed by atoms with van der Waals surface area (Å²) in [5, 5.41) is -0.197. The average Bonchev–Trinajstić information content (AvgIpc) is 2.98. The van der Waals surface area contributed by atoms with Crippen LogP contribution in [0.4, 0.5) is 13.2 Å². The lowest BCUT2D eigenvalue weighted by atomic mass is 10.1. The van der Waals surface area contributed by atoms with E-state index in [0.29, 0.717) is 11.5 Å². The number of carbonyl (C=O) groups is 1. The number of benzene rings is 4. The van der Waals surface area contributed by atoms with Crippen LogP contribution in [0.25, 0.3) is 22.1 Å². The molecule has 5 aromatic rings. The number of ether oxygens (including phenoxy) is 4. The first-order valence-corrected chi connectivity index (χ1v) is 12.1. The Morgan fingerprint density at radius 1 is 0.732 bits per heavy atom. The van der Waals surface area contributed by atoms with Crippen molar-refractivity contribution in [2.24, 2.45) is 0 Å². The zero-order valence-corrected chi connectivity index (χ0v) is 21.7. The highest BCUT2D eigenvalue weighted by atomic mass is 19.4. The molecule has 0 saturated carbocycles. The van der Waals surface area contributed by atoms with E-state index in [9.17, 15) is 22.8 Å². The van der Waals surface area contributed by atoms with Gasteiger partial charge in [0.1, 0.15) is 28.6 Å². The molecular formula is C31H21F3O7. The van der Waals surface area contributed by atoms with Crippen LogP contribution in [-0.4, -0.2) is 20.2 Å². The zero-order chi connectivity index (χ0) is 29.1. The molecule has 0 atom stereocenters. The summed E-state index contributed by atoms with van der Waals surface area (Å²) in [5.41, 5.74) is 0.306. The lowest BCUT2D eigenvalue weighted by Crippen LogP contribution is -2.15. The van der Waals surface area contributed by atoms with Gasteiger partial charge in [-0.1, -0.05) is 42.5 Å². The molecule has 7 nitrogen and oxygen atoms in total. The fourth-order valence-corrected chi connectivity index (χ4v) is 4.05. The number of hydrogen-bond acceptors (Lipinski definition) is 7. The molecule has 0 unspecified atom stereocenters. The molecule has 1 aromatic heterocycles. The maximum atomic E-state index is 14.0. The van der Waals surface area contributed by atoms with Crippen molar-refractivity contribution in [3.05, 3.63) is 113 Å². The topological polar surface area (TPSA) is 84.2 Å². The van der Waals surface area contributed by atoms with E-state index < -0.39 is 34.7 Å². The van der Waals surface area contributed by atoms with Gasteiger partial charge in [0, 0.05) is 12.1 Å². The van der Waals surface area contributed by atoms with E-state index in [-0.39, 0.29) is 22.4 Å². The van der Waals surface area contributed by atoms with Crippen LogP contribution in [0, 0.1) is 0 Å². The van der Waals surface area contributed by atoms with Gasteiger partial charge >= 0.3 is 12.1 Å². The number of fused-ring (bicyclic) bond motifs is 1. The van der Waals surface area contributed by atoms with Gasteiger partial charge in [-0.25, -0.2) is 4.79 Å². The summed E-state index contributed by atoms with van der Waals surface area (Å²) < 4.78 is 68.1. The second-order valence-electron chi connectivity index (χ2n) is 8.73. The summed E-state index contributed by atoms with van der Waals surface area (Å²) in [4.78, 5) is 25.9. The van der Waals surface area contributed by atoms with Gasteiger partial charge in [-0.15, -0.1) is 0 Å². The summed E-state index contributed by atoms with van der Waals surface area (Å²) in [6.45, 7) is 0. The number of methoxy groups -OCH3 is 2. The first-order chi connectivity index (χ1) is 19.7. The molecule has 0 aliphatic carbocycles. The molecule has 0 bridgehead atoms. The van der Waals surface area contributed by atoms with Crippen molar-refractivity contribution in [2.75, 3.05) is 14.2 Å². The van der Waals surface area contributed by atoms with Gasteiger partial charge in [-0.3, -0.25) is 4.79 Å². The summed E-state index contributed by atoms with van der Waals surface area (Å²) in [6, 6.07) is 23.5. The van der Waals surface area contributed by atoms with E-state index >= 15 is 0 Å². The smallest absolute Gasteiger partial charge is 0.453 e. The Hall–Kier alpha value is -5.25. The van der Waals surface area contributed by atoms with Crippen LogP contribution in [-0.2, 0) is 6.18 Å². The third kappa shape index (κ3) is 5.86. The van der Waals surface area contributed by atoms with Crippen LogP contribution < -0.4 is 24.4 Å². The lowest BCUT2D eigenvalue weighted by molar-refractivity contribution is -0.154. The average molecular weight is 562 g/mol. The van der Waals surface area contributed by atoms with Crippen LogP contribution in [0.15, 0.2) is 100 Å². The minimum Gasteiger partial charge on any atom is -0.497 e. The van der Waals surface area contributed by atoms with Crippen LogP contribution in [0.5, 0.6) is 28.7 Å². The van der Waals surface area contributed by atoms with Gasteiger partial charge in [-0.05, 0) is 47.5 Å². The number of rotatable bonds is 7. The van der Waals surface area contributed by atoms with Crippen LogP contribution in [0.2, 0.25) is 0 Å². The van der Waals surface area contributed by atoms with E-state index in [2.05, 4.69) is 0 Å². The second kappa shape index (κ2) is 11.1. The molecule has 1 heterocycles. The van der Waals surface area contributed by atoms with Crippen LogP contribution in [0.1, 0.15) is 16.1 Å². The van der Waals surface area contributed by atoms with Gasteiger partial charge in [0.2, 0.25) is 11.2 Å². The van der Waals surface area contributed by atoms with E-state index in [0.717, 1.165) is 17.2 Å². The summed E-state index contributed by atoms with van der Waals surface area (Å²) >= 11 is 0. The van der Waals surface area contributed by atoms with Crippen molar-refractivity contribution in [1.29, 1.82) is 0 Å². The third-order valence-corrected chi connectivity index (χ3v) is 6.06. The number of carbonyl (C=O) groups excluding carboxylic acids is 1. The standard InChI is InChI=1S/C31H21F3O7/c1-37-23-14-20(15-24(16-23)38-2)30(36)40-22-12-13-25-26(17-22)41-29(31(32,33)34)28(27(25)35)39-21-10-8-19(9-11-21)18-6-4-3-5-7-18/h3-17H,1-2H3.